The van der Waals surface area contributed by atoms with Gasteiger partial charge in [0, 0.05) is 16.5 Å². The van der Waals surface area contributed by atoms with Gasteiger partial charge < -0.3 is 10.1 Å². The van der Waals surface area contributed by atoms with E-state index in [1.54, 1.807) is 50.2 Å². The molecule has 5 nitrogen and oxygen atoms in total. The van der Waals surface area contributed by atoms with Crippen molar-refractivity contribution in [3.05, 3.63) is 58.6 Å². The van der Waals surface area contributed by atoms with E-state index in [1.807, 2.05) is 0 Å². The molecule has 0 aliphatic rings. The van der Waals surface area contributed by atoms with E-state index in [9.17, 15) is 13.8 Å². The fourth-order valence-electron chi connectivity index (χ4n) is 2.13. The van der Waals surface area contributed by atoms with Crippen LogP contribution in [-0.4, -0.2) is 28.4 Å². The quantitative estimate of drug-likeness (QED) is 0.779. The van der Waals surface area contributed by atoms with Crippen LogP contribution in [0.4, 0.5) is 5.69 Å². The minimum atomic E-state index is -1.29. The molecule has 0 spiro atoms. The molecule has 0 unspecified atom stereocenters. The van der Waals surface area contributed by atoms with E-state index >= 15 is 0 Å². The van der Waals surface area contributed by atoms with Crippen LogP contribution in [0.25, 0.3) is 0 Å². The van der Waals surface area contributed by atoms with Crippen molar-refractivity contribution in [3.63, 3.8) is 0 Å². The number of carbonyl (C=O) groups is 2. The summed E-state index contributed by atoms with van der Waals surface area (Å²) in [6.07, 6.45) is 0. The Morgan fingerprint density at radius 1 is 1.16 bits per heavy atom. The van der Waals surface area contributed by atoms with E-state index in [-0.39, 0.29) is 5.56 Å². The van der Waals surface area contributed by atoms with E-state index in [0.29, 0.717) is 21.4 Å². The molecule has 0 fully saturated rings. The van der Waals surface area contributed by atoms with Gasteiger partial charge in [0.1, 0.15) is 0 Å². The van der Waals surface area contributed by atoms with Gasteiger partial charge in [-0.1, -0.05) is 36.7 Å². The fourth-order valence-corrected chi connectivity index (χ4v) is 3.24. The Morgan fingerprint density at radius 3 is 2.60 bits per heavy atom. The molecule has 132 valence electrons. The first-order chi connectivity index (χ1) is 11.9. The van der Waals surface area contributed by atoms with Crippen LogP contribution in [0.2, 0.25) is 5.02 Å². The molecule has 2 aromatic carbocycles. The lowest BCUT2D eigenvalue weighted by Crippen LogP contribution is -2.22. The first kappa shape index (κ1) is 19.1. The van der Waals surface area contributed by atoms with Crippen molar-refractivity contribution < 1.29 is 18.5 Å². The highest BCUT2D eigenvalue weighted by Gasteiger charge is 2.17. The van der Waals surface area contributed by atoms with Crippen molar-refractivity contribution in [3.8, 4) is 0 Å². The summed E-state index contributed by atoms with van der Waals surface area (Å²) in [6.45, 7) is 3.09. The molecule has 2 aromatic rings. The predicted octanol–water partition coefficient (Wildman–Crippen LogP) is 3.57. The molecule has 1 amide bonds. The second-order valence-electron chi connectivity index (χ2n) is 5.17. The van der Waals surface area contributed by atoms with Crippen LogP contribution < -0.4 is 5.32 Å². The van der Waals surface area contributed by atoms with Gasteiger partial charge in [-0.2, -0.15) is 0 Å². The number of benzene rings is 2. The summed E-state index contributed by atoms with van der Waals surface area (Å²) in [6, 6.07) is 11.7. The number of rotatable bonds is 6. The Bertz CT molecular complexity index is 822. The molecule has 1 N–H and O–H groups in total. The topological polar surface area (TPSA) is 72.5 Å². The Kier molecular flexibility index (Phi) is 6.73. The van der Waals surface area contributed by atoms with Gasteiger partial charge in [-0.25, -0.2) is 4.79 Å². The van der Waals surface area contributed by atoms with Crippen LogP contribution >= 0.6 is 11.6 Å². The smallest absolute Gasteiger partial charge is 0.339 e. The Balaban J connectivity index is 2.02. The third kappa shape index (κ3) is 4.90. The SMILES string of the molecule is CC[S@](=O)c1ccccc1C(=O)OCC(=O)Nc1cccc(Cl)c1C. The molecule has 25 heavy (non-hydrogen) atoms. The minimum Gasteiger partial charge on any atom is -0.452 e. The number of halogens is 1. The summed E-state index contributed by atoms with van der Waals surface area (Å²) >= 11 is 6.00. The molecule has 0 heterocycles. The van der Waals surface area contributed by atoms with Crippen LogP contribution in [0.1, 0.15) is 22.8 Å². The van der Waals surface area contributed by atoms with E-state index in [1.165, 1.54) is 6.07 Å². The molecular formula is C18H18ClNO4S. The van der Waals surface area contributed by atoms with Crippen LogP contribution in [-0.2, 0) is 20.3 Å². The summed E-state index contributed by atoms with van der Waals surface area (Å²) in [5, 5.41) is 3.18. The lowest BCUT2D eigenvalue weighted by molar-refractivity contribution is -0.119. The van der Waals surface area contributed by atoms with Crippen LogP contribution in [0, 0.1) is 6.92 Å². The number of ether oxygens (including phenoxy) is 1. The molecule has 0 radical (unpaired) electrons. The zero-order valence-corrected chi connectivity index (χ0v) is 15.4. The average molecular weight is 380 g/mol. The van der Waals surface area contributed by atoms with Crippen molar-refractivity contribution in [1.82, 2.24) is 0 Å². The Labute approximate surface area is 153 Å². The summed E-state index contributed by atoms with van der Waals surface area (Å²) < 4.78 is 17.0. The number of hydrogen-bond donors (Lipinski definition) is 1. The summed E-state index contributed by atoms with van der Waals surface area (Å²) in [5.41, 5.74) is 1.49. The Hall–Kier alpha value is -2.18. The lowest BCUT2D eigenvalue weighted by Gasteiger charge is -2.11. The standard InChI is InChI=1S/C18H18ClNO4S/c1-3-25(23)16-10-5-4-7-13(16)18(22)24-11-17(21)20-15-9-6-8-14(19)12(15)2/h4-10H,3,11H2,1-2H3,(H,20,21)/t25-/m0/s1. The molecule has 0 saturated heterocycles. The predicted molar refractivity (Wildman–Crippen MR) is 98.5 cm³/mol. The highest BCUT2D eigenvalue weighted by molar-refractivity contribution is 7.85. The van der Waals surface area contributed by atoms with Crippen molar-refractivity contribution >= 4 is 40.0 Å². The molecular weight excluding hydrogens is 362 g/mol. The molecule has 0 bridgehead atoms. The number of anilines is 1. The van der Waals surface area contributed by atoms with Crippen LogP contribution in [0.3, 0.4) is 0 Å². The van der Waals surface area contributed by atoms with Crippen molar-refractivity contribution in [2.24, 2.45) is 0 Å². The minimum absolute atomic E-state index is 0.203. The van der Waals surface area contributed by atoms with E-state index in [0.717, 1.165) is 5.56 Å². The highest BCUT2D eigenvalue weighted by atomic mass is 35.5. The number of amides is 1. The maximum absolute atomic E-state index is 12.2. The Morgan fingerprint density at radius 2 is 1.88 bits per heavy atom. The maximum Gasteiger partial charge on any atom is 0.339 e. The molecule has 2 rings (SSSR count). The largest absolute Gasteiger partial charge is 0.452 e. The first-order valence-corrected chi connectivity index (χ1v) is 9.33. The second-order valence-corrected chi connectivity index (χ2v) is 7.28. The van der Waals surface area contributed by atoms with Gasteiger partial charge >= 0.3 is 5.97 Å². The van der Waals surface area contributed by atoms with Gasteiger partial charge in [-0.15, -0.1) is 0 Å². The zero-order chi connectivity index (χ0) is 18.4. The van der Waals surface area contributed by atoms with Crippen molar-refractivity contribution in [2.45, 2.75) is 18.7 Å². The normalized spacial score (nSPS) is 11.6. The monoisotopic (exact) mass is 379 g/mol. The van der Waals surface area contributed by atoms with E-state index in [2.05, 4.69) is 5.32 Å². The van der Waals surface area contributed by atoms with Gasteiger partial charge in [0.05, 0.1) is 21.3 Å². The lowest BCUT2D eigenvalue weighted by atomic mass is 10.2. The van der Waals surface area contributed by atoms with Gasteiger partial charge in [0.2, 0.25) is 0 Å². The van der Waals surface area contributed by atoms with Crippen molar-refractivity contribution in [2.75, 3.05) is 17.7 Å². The third-order valence-electron chi connectivity index (χ3n) is 3.49. The fraction of sp³-hybridized carbons (Fsp3) is 0.222. The molecule has 0 saturated carbocycles. The maximum atomic E-state index is 12.2. The molecule has 1 atom stereocenters. The third-order valence-corrected chi connectivity index (χ3v) is 5.27. The summed E-state index contributed by atoms with van der Waals surface area (Å²) in [7, 11) is -1.29. The number of hydrogen-bond acceptors (Lipinski definition) is 4. The van der Waals surface area contributed by atoms with E-state index in [4.69, 9.17) is 16.3 Å². The van der Waals surface area contributed by atoms with Gasteiger partial charge in [-0.3, -0.25) is 9.00 Å². The summed E-state index contributed by atoms with van der Waals surface area (Å²) in [4.78, 5) is 24.6. The first-order valence-electron chi connectivity index (χ1n) is 7.63. The second kappa shape index (κ2) is 8.78. The van der Waals surface area contributed by atoms with Gasteiger partial charge in [0.15, 0.2) is 6.61 Å². The highest BCUT2D eigenvalue weighted by Crippen LogP contribution is 2.22. The van der Waals surface area contributed by atoms with Crippen LogP contribution in [0.5, 0.6) is 0 Å². The number of esters is 1. The average Bonchev–Trinajstić information content (AvgIpc) is 2.63. The van der Waals surface area contributed by atoms with Crippen LogP contribution in [0.15, 0.2) is 47.4 Å². The number of nitrogens with one attached hydrogen (secondary N) is 1. The molecule has 0 aliphatic carbocycles. The summed E-state index contributed by atoms with van der Waals surface area (Å²) in [5.74, 6) is -0.776. The van der Waals surface area contributed by atoms with E-state index < -0.39 is 29.3 Å². The van der Waals surface area contributed by atoms with Gasteiger partial charge in [-0.05, 0) is 36.8 Å². The molecule has 7 heteroatoms. The molecule has 0 aliphatic heterocycles. The van der Waals surface area contributed by atoms with Crippen molar-refractivity contribution in [1.29, 1.82) is 0 Å². The zero-order valence-electron chi connectivity index (χ0n) is 13.9. The molecule has 0 aromatic heterocycles. The number of carbonyl (C=O) groups excluding carboxylic acids is 2. The van der Waals surface area contributed by atoms with Gasteiger partial charge in [0.25, 0.3) is 5.91 Å².